The summed E-state index contributed by atoms with van der Waals surface area (Å²) in [6.07, 6.45) is 3.65. The molecule has 0 saturated carbocycles. The third-order valence-corrected chi connectivity index (χ3v) is 3.11. The molecule has 2 aromatic carbocycles. The number of hydrogen-bond donors (Lipinski definition) is 0. The van der Waals surface area contributed by atoms with E-state index in [-0.39, 0.29) is 0 Å². The van der Waals surface area contributed by atoms with E-state index < -0.39 is 0 Å². The molecule has 0 spiro atoms. The van der Waals surface area contributed by atoms with Crippen molar-refractivity contribution >= 4 is 34.4 Å². The van der Waals surface area contributed by atoms with E-state index in [9.17, 15) is 0 Å². The third kappa shape index (κ3) is 2.64. The Morgan fingerprint density at radius 1 is 0.947 bits per heavy atom. The minimum absolute atomic E-state index is 0.716. The molecular formula is C16H11ClN2. The quantitative estimate of drug-likeness (QED) is 0.621. The summed E-state index contributed by atoms with van der Waals surface area (Å²) in [5, 5.41) is 1.82. The lowest BCUT2D eigenvalue weighted by molar-refractivity contribution is 1.40. The van der Waals surface area contributed by atoms with Gasteiger partial charge in [0.1, 0.15) is 0 Å². The van der Waals surface area contributed by atoms with Gasteiger partial charge in [-0.25, -0.2) is 0 Å². The van der Waals surface area contributed by atoms with Crippen molar-refractivity contribution < 1.29 is 0 Å². The molecule has 0 aliphatic rings. The predicted octanol–water partition coefficient (Wildman–Crippen LogP) is 4.64. The van der Waals surface area contributed by atoms with Crippen molar-refractivity contribution in [3.05, 3.63) is 71.4 Å². The maximum absolute atomic E-state index is 5.85. The zero-order chi connectivity index (χ0) is 13.1. The number of benzene rings is 2. The van der Waals surface area contributed by atoms with Gasteiger partial charge in [0.05, 0.1) is 11.2 Å². The molecule has 0 atom stereocenters. The van der Waals surface area contributed by atoms with Gasteiger partial charge in [-0.15, -0.1) is 0 Å². The molecule has 92 valence electrons. The zero-order valence-corrected chi connectivity index (χ0v) is 10.9. The zero-order valence-electron chi connectivity index (χ0n) is 10.1. The van der Waals surface area contributed by atoms with Crippen LogP contribution in [-0.4, -0.2) is 11.2 Å². The van der Waals surface area contributed by atoms with Crippen LogP contribution in [0.1, 0.15) is 5.56 Å². The van der Waals surface area contributed by atoms with Crippen molar-refractivity contribution in [2.45, 2.75) is 0 Å². The number of pyridine rings is 1. The number of aliphatic imine (C=N–C) groups is 1. The molecule has 0 radical (unpaired) electrons. The highest BCUT2D eigenvalue weighted by molar-refractivity contribution is 6.30. The van der Waals surface area contributed by atoms with Crippen molar-refractivity contribution in [2.75, 3.05) is 0 Å². The smallest absolute Gasteiger partial charge is 0.0708 e. The summed E-state index contributed by atoms with van der Waals surface area (Å²) in [5.74, 6) is 0. The monoisotopic (exact) mass is 266 g/mol. The lowest BCUT2D eigenvalue weighted by atomic mass is 10.1. The van der Waals surface area contributed by atoms with Crippen molar-refractivity contribution in [1.82, 2.24) is 4.98 Å². The normalized spacial score (nSPS) is 11.2. The average molecular weight is 267 g/mol. The molecule has 3 rings (SSSR count). The molecule has 0 bridgehead atoms. The van der Waals surface area contributed by atoms with Crippen molar-refractivity contribution in [2.24, 2.45) is 4.99 Å². The first-order chi connectivity index (χ1) is 9.33. The van der Waals surface area contributed by atoms with Crippen LogP contribution in [0.25, 0.3) is 10.9 Å². The Morgan fingerprint density at radius 2 is 1.74 bits per heavy atom. The summed E-state index contributed by atoms with van der Waals surface area (Å²) in [5.41, 5.74) is 2.91. The Kier molecular flexibility index (Phi) is 3.25. The first-order valence-corrected chi connectivity index (χ1v) is 6.34. The predicted molar refractivity (Wildman–Crippen MR) is 80.4 cm³/mol. The summed E-state index contributed by atoms with van der Waals surface area (Å²) >= 11 is 5.85. The van der Waals surface area contributed by atoms with Crippen LogP contribution in [0, 0.1) is 0 Å². The lowest BCUT2D eigenvalue weighted by Crippen LogP contribution is -1.86. The molecule has 3 heteroatoms. The highest BCUT2D eigenvalue weighted by atomic mass is 35.5. The highest BCUT2D eigenvalue weighted by Crippen LogP contribution is 2.18. The molecule has 0 aliphatic heterocycles. The Hall–Kier alpha value is -2.19. The number of nitrogens with zero attached hydrogens (tertiary/aromatic N) is 2. The van der Waals surface area contributed by atoms with Gasteiger partial charge in [0.15, 0.2) is 0 Å². The van der Waals surface area contributed by atoms with Gasteiger partial charge in [-0.05, 0) is 36.4 Å². The molecule has 1 aromatic heterocycles. The number of aromatic nitrogens is 1. The Bertz CT molecular complexity index is 728. The highest BCUT2D eigenvalue weighted by Gasteiger charge is 1.98. The van der Waals surface area contributed by atoms with E-state index >= 15 is 0 Å². The van der Waals surface area contributed by atoms with Gasteiger partial charge < -0.3 is 0 Å². The number of halogens is 1. The van der Waals surface area contributed by atoms with Crippen LogP contribution in [0.2, 0.25) is 5.02 Å². The summed E-state index contributed by atoms with van der Waals surface area (Å²) in [6, 6.07) is 17.4. The van der Waals surface area contributed by atoms with Gasteiger partial charge in [-0.1, -0.05) is 29.8 Å². The maximum Gasteiger partial charge on any atom is 0.0708 e. The summed E-state index contributed by atoms with van der Waals surface area (Å²) in [4.78, 5) is 8.79. The lowest BCUT2D eigenvalue weighted by Gasteiger charge is -2.00. The van der Waals surface area contributed by atoms with E-state index in [0.717, 1.165) is 22.2 Å². The number of para-hydroxylation sites is 1. The van der Waals surface area contributed by atoms with E-state index in [1.54, 1.807) is 6.20 Å². The van der Waals surface area contributed by atoms with Crippen LogP contribution in [0.3, 0.4) is 0 Å². The number of hydrogen-bond acceptors (Lipinski definition) is 2. The number of rotatable bonds is 2. The molecule has 19 heavy (non-hydrogen) atoms. The first kappa shape index (κ1) is 11.9. The van der Waals surface area contributed by atoms with Gasteiger partial charge in [0.25, 0.3) is 0 Å². The van der Waals surface area contributed by atoms with Crippen LogP contribution >= 0.6 is 11.6 Å². The molecule has 0 amide bonds. The van der Waals surface area contributed by atoms with E-state index in [1.165, 1.54) is 0 Å². The van der Waals surface area contributed by atoms with Gasteiger partial charge in [0, 0.05) is 28.4 Å². The largest absolute Gasteiger partial charge is 0.256 e. The third-order valence-electron chi connectivity index (χ3n) is 2.86. The van der Waals surface area contributed by atoms with Crippen LogP contribution in [-0.2, 0) is 0 Å². The van der Waals surface area contributed by atoms with E-state index in [2.05, 4.69) is 9.98 Å². The molecule has 1 heterocycles. The molecule has 0 N–H and O–H groups in total. The van der Waals surface area contributed by atoms with Crippen molar-refractivity contribution in [3.8, 4) is 0 Å². The summed E-state index contributed by atoms with van der Waals surface area (Å²) < 4.78 is 0. The molecule has 0 unspecified atom stereocenters. The van der Waals surface area contributed by atoms with Gasteiger partial charge in [-0.3, -0.25) is 9.98 Å². The molecule has 3 aromatic rings. The molecule has 0 fully saturated rings. The Morgan fingerprint density at radius 3 is 2.58 bits per heavy atom. The summed E-state index contributed by atoms with van der Waals surface area (Å²) in [7, 11) is 0. The van der Waals surface area contributed by atoms with Crippen LogP contribution in [0.15, 0.2) is 65.8 Å². The second kappa shape index (κ2) is 5.21. The molecule has 2 nitrogen and oxygen atoms in total. The Balaban J connectivity index is 1.99. The van der Waals surface area contributed by atoms with E-state index in [0.29, 0.717) is 5.02 Å². The van der Waals surface area contributed by atoms with Gasteiger partial charge >= 0.3 is 0 Å². The van der Waals surface area contributed by atoms with Crippen LogP contribution in [0.4, 0.5) is 5.69 Å². The molecular weight excluding hydrogens is 256 g/mol. The second-order valence-electron chi connectivity index (χ2n) is 4.15. The average Bonchev–Trinajstić information content (AvgIpc) is 2.47. The molecule has 0 aliphatic carbocycles. The van der Waals surface area contributed by atoms with Gasteiger partial charge in [-0.2, -0.15) is 0 Å². The minimum Gasteiger partial charge on any atom is -0.256 e. The first-order valence-electron chi connectivity index (χ1n) is 5.96. The topological polar surface area (TPSA) is 25.2 Å². The fraction of sp³-hybridized carbons (Fsp3) is 0. The van der Waals surface area contributed by atoms with Crippen molar-refractivity contribution in [1.29, 1.82) is 0 Å². The fourth-order valence-corrected chi connectivity index (χ4v) is 2.03. The SMILES string of the molecule is Clc1ccc(N=Cc2ccnc3ccccc23)cc1. The fourth-order valence-electron chi connectivity index (χ4n) is 1.90. The van der Waals surface area contributed by atoms with E-state index in [4.69, 9.17) is 11.6 Å². The van der Waals surface area contributed by atoms with Crippen LogP contribution in [0.5, 0.6) is 0 Å². The van der Waals surface area contributed by atoms with E-state index in [1.807, 2.05) is 60.8 Å². The summed E-state index contributed by atoms with van der Waals surface area (Å²) in [6.45, 7) is 0. The second-order valence-corrected chi connectivity index (χ2v) is 4.59. The van der Waals surface area contributed by atoms with Gasteiger partial charge in [0.2, 0.25) is 0 Å². The van der Waals surface area contributed by atoms with Crippen LogP contribution < -0.4 is 0 Å². The molecule has 0 saturated heterocycles. The minimum atomic E-state index is 0.716. The van der Waals surface area contributed by atoms with Crippen molar-refractivity contribution in [3.63, 3.8) is 0 Å². The maximum atomic E-state index is 5.85. The number of fused-ring (bicyclic) bond motifs is 1. The Labute approximate surface area is 116 Å². The standard InChI is InChI=1S/C16H11ClN2/c17-13-5-7-14(8-6-13)19-11-12-9-10-18-16-4-2-1-3-15(12)16/h1-11H.